The van der Waals surface area contributed by atoms with Crippen LogP contribution < -0.4 is 4.74 Å². The normalized spacial score (nSPS) is 9.15. The molecule has 106 valence electrons. The van der Waals surface area contributed by atoms with Crippen molar-refractivity contribution in [2.75, 3.05) is 27.3 Å². The van der Waals surface area contributed by atoms with Gasteiger partial charge in [0.1, 0.15) is 12.3 Å². The summed E-state index contributed by atoms with van der Waals surface area (Å²) in [4.78, 5) is 24.2. The molecule has 1 amide bonds. The van der Waals surface area contributed by atoms with Gasteiger partial charge in [-0.25, -0.2) is 0 Å². The lowest BCUT2D eigenvalue weighted by atomic mass is 10.2. The average Bonchev–Trinajstić information content (AvgIpc) is 2.45. The monoisotopic (exact) mass is 275 g/mol. The number of esters is 1. The lowest BCUT2D eigenvalue weighted by Gasteiger charge is -2.12. The minimum absolute atomic E-state index is 0.118. The third-order valence-electron chi connectivity index (χ3n) is 2.43. The zero-order valence-electron chi connectivity index (χ0n) is 11.8. The molecule has 0 radical (unpaired) electrons. The van der Waals surface area contributed by atoms with Crippen molar-refractivity contribution in [3.05, 3.63) is 29.8 Å². The molecular formula is C15H17NO4. The van der Waals surface area contributed by atoms with Crippen LogP contribution in [0.15, 0.2) is 24.3 Å². The topological polar surface area (TPSA) is 55.8 Å². The third-order valence-corrected chi connectivity index (χ3v) is 2.43. The molecule has 0 spiro atoms. The molecule has 1 aromatic carbocycles. The summed E-state index contributed by atoms with van der Waals surface area (Å²) in [6.45, 7) is 1.88. The van der Waals surface area contributed by atoms with Crippen LogP contribution in [0, 0.1) is 11.8 Å². The van der Waals surface area contributed by atoms with Crippen LogP contribution in [0.4, 0.5) is 0 Å². The van der Waals surface area contributed by atoms with Crippen molar-refractivity contribution in [1.82, 2.24) is 4.90 Å². The quantitative estimate of drug-likeness (QED) is 0.609. The number of likely N-dealkylation sites (N-methyl/N-ethyl adjacent to an activating group) is 1. The summed E-state index contributed by atoms with van der Waals surface area (Å²) < 4.78 is 9.89. The van der Waals surface area contributed by atoms with Gasteiger partial charge in [-0.2, -0.15) is 0 Å². The Morgan fingerprint density at radius 1 is 1.30 bits per heavy atom. The minimum Gasteiger partial charge on any atom is -0.495 e. The maximum absolute atomic E-state index is 11.8. The molecule has 0 unspecified atom stereocenters. The molecule has 5 nitrogen and oxygen atoms in total. The van der Waals surface area contributed by atoms with E-state index in [0.717, 1.165) is 0 Å². The fourth-order valence-electron chi connectivity index (χ4n) is 1.44. The highest BCUT2D eigenvalue weighted by atomic mass is 16.5. The van der Waals surface area contributed by atoms with Crippen molar-refractivity contribution in [3.63, 3.8) is 0 Å². The Morgan fingerprint density at radius 3 is 2.65 bits per heavy atom. The summed E-state index contributed by atoms with van der Waals surface area (Å²) in [5.74, 6) is 4.89. The Bertz CT molecular complexity index is 542. The minimum atomic E-state index is -0.456. The lowest BCUT2D eigenvalue weighted by Crippen LogP contribution is -2.32. The molecule has 1 aromatic rings. The van der Waals surface area contributed by atoms with Gasteiger partial charge in [0.2, 0.25) is 0 Å². The molecule has 0 heterocycles. The number of carbonyl (C=O) groups excluding carboxylic acids is 2. The molecular weight excluding hydrogens is 258 g/mol. The second-order valence-electron chi connectivity index (χ2n) is 3.92. The van der Waals surface area contributed by atoms with Gasteiger partial charge in [0.25, 0.3) is 5.91 Å². The Balaban J connectivity index is 2.71. The first-order valence-corrected chi connectivity index (χ1v) is 6.14. The van der Waals surface area contributed by atoms with Crippen molar-refractivity contribution in [1.29, 1.82) is 0 Å². The molecule has 0 saturated heterocycles. The number of para-hydroxylation sites is 1. The van der Waals surface area contributed by atoms with E-state index in [2.05, 4.69) is 11.8 Å². The van der Waals surface area contributed by atoms with Gasteiger partial charge < -0.3 is 14.4 Å². The maximum Gasteiger partial charge on any atom is 0.325 e. The molecule has 0 atom stereocenters. The van der Waals surface area contributed by atoms with Crippen LogP contribution in [0.2, 0.25) is 0 Å². The van der Waals surface area contributed by atoms with Crippen LogP contribution >= 0.6 is 0 Å². The molecule has 0 aromatic heterocycles. The summed E-state index contributed by atoms with van der Waals surface area (Å²) in [6, 6.07) is 7.14. The van der Waals surface area contributed by atoms with E-state index in [0.29, 0.717) is 11.3 Å². The van der Waals surface area contributed by atoms with Crippen molar-refractivity contribution >= 4 is 11.9 Å². The van der Waals surface area contributed by atoms with Crippen LogP contribution in [0.5, 0.6) is 5.75 Å². The Labute approximate surface area is 118 Å². The van der Waals surface area contributed by atoms with Crippen molar-refractivity contribution in [3.8, 4) is 17.6 Å². The average molecular weight is 275 g/mol. The van der Waals surface area contributed by atoms with E-state index in [9.17, 15) is 9.59 Å². The van der Waals surface area contributed by atoms with E-state index < -0.39 is 11.9 Å². The standard InChI is InChI=1S/C15H17NO4/c1-4-20-15(18)11-16(2)14(17)10-9-12-7-5-6-8-13(12)19-3/h5-8H,4,11H2,1-3H3. The Kier molecular flexibility index (Phi) is 6.11. The molecule has 0 aliphatic carbocycles. The number of nitrogens with zero attached hydrogens (tertiary/aromatic N) is 1. The highest BCUT2D eigenvalue weighted by molar-refractivity contribution is 5.95. The Hall–Kier alpha value is -2.48. The first-order chi connectivity index (χ1) is 9.58. The van der Waals surface area contributed by atoms with Crippen molar-refractivity contribution in [2.45, 2.75) is 6.92 Å². The van der Waals surface area contributed by atoms with Gasteiger partial charge in [-0.05, 0) is 19.1 Å². The number of rotatable bonds is 4. The largest absolute Gasteiger partial charge is 0.495 e. The van der Waals surface area contributed by atoms with Crippen LogP contribution in [-0.4, -0.2) is 44.1 Å². The molecule has 0 fully saturated rings. The number of benzene rings is 1. The van der Waals surface area contributed by atoms with Crippen LogP contribution in [-0.2, 0) is 14.3 Å². The second kappa shape index (κ2) is 7.85. The van der Waals surface area contributed by atoms with E-state index in [1.807, 2.05) is 6.07 Å². The van der Waals surface area contributed by atoms with E-state index in [4.69, 9.17) is 9.47 Å². The smallest absolute Gasteiger partial charge is 0.325 e. The van der Waals surface area contributed by atoms with E-state index >= 15 is 0 Å². The molecule has 1 rings (SSSR count). The zero-order valence-corrected chi connectivity index (χ0v) is 11.8. The molecule has 0 saturated carbocycles. The van der Waals surface area contributed by atoms with E-state index in [1.54, 1.807) is 25.1 Å². The molecule has 0 aliphatic heterocycles. The summed E-state index contributed by atoms with van der Waals surface area (Å²) in [5.41, 5.74) is 0.618. The first kappa shape index (κ1) is 15.6. The second-order valence-corrected chi connectivity index (χ2v) is 3.92. The predicted octanol–water partition coefficient (Wildman–Crippen LogP) is 1.07. The zero-order chi connectivity index (χ0) is 15.0. The first-order valence-electron chi connectivity index (χ1n) is 6.14. The van der Waals surface area contributed by atoms with Crippen LogP contribution in [0.25, 0.3) is 0 Å². The van der Waals surface area contributed by atoms with Gasteiger partial charge in [-0.3, -0.25) is 9.59 Å². The number of amides is 1. The van der Waals surface area contributed by atoms with Crippen LogP contribution in [0.3, 0.4) is 0 Å². The maximum atomic E-state index is 11.8. The highest BCUT2D eigenvalue weighted by Crippen LogP contribution is 2.15. The Morgan fingerprint density at radius 2 is 2.00 bits per heavy atom. The number of ether oxygens (including phenoxy) is 2. The summed E-state index contributed by atoms with van der Waals surface area (Å²) in [5, 5.41) is 0. The molecule has 20 heavy (non-hydrogen) atoms. The molecule has 0 N–H and O–H groups in total. The summed E-state index contributed by atoms with van der Waals surface area (Å²) in [7, 11) is 3.03. The number of methoxy groups -OCH3 is 1. The van der Waals surface area contributed by atoms with Gasteiger partial charge in [0.05, 0.1) is 19.3 Å². The van der Waals surface area contributed by atoms with E-state index in [-0.39, 0.29) is 13.2 Å². The van der Waals surface area contributed by atoms with Crippen LogP contribution in [0.1, 0.15) is 12.5 Å². The highest BCUT2D eigenvalue weighted by Gasteiger charge is 2.11. The van der Waals surface area contributed by atoms with Gasteiger partial charge >= 0.3 is 5.97 Å². The number of hydrogen-bond acceptors (Lipinski definition) is 4. The SMILES string of the molecule is CCOC(=O)CN(C)C(=O)C#Cc1ccccc1OC. The van der Waals surface area contributed by atoms with Crippen molar-refractivity contribution < 1.29 is 19.1 Å². The summed E-state index contributed by atoms with van der Waals surface area (Å²) in [6.07, 6.45) is 0. The molecule has 5 heteroatoms. The van der Waals surface area contributed by atoms with Gasteiger partial charge in [0, 0.05) is 13.0 Å². The number of hydrogen-bond donors (Lipinski definition) is 0. The fourth-order valence-corrected chi connectivity index (χ4v) is 1.44. The van der Waals surface area contributed by atoms with Gasteiger partial charge in [-0.1, -0.05) is 18.1 Å². The van der Waals surface area contributed by atoms with Gasteiger partial charge in [-0.15, -0.1) is 0 Å². The third kappa shape index (κ3) is 4.65. The molecule has 0 aliphatic rings. The molecule has 0 bridgehead atoms. The number of carbonyl (C=O) groups is 2. The summed E-state index contributed by atoms with van der Waals surface area (Å²) >= 11 is 0. The predicted molar refractivity (Wildman–Crippen MR) is 74.1 cm³/mol. The van der Waals surface area contributed by atoms with Crippen molar-refractivity contribution in [2.24, 2.45) is 0 Å². The fraction of sp³-hybridized carbons (Fsp3) is 0.333. The van der Waals surface area contributed by atoms with E-state index in [1.165, 1.54) is 19.1 Å². The lowest BCUT2D eigenvalue weighted by molar-refractivity contribution is -0.146. The van der Waals surface area contributed by atoms with Gasteiger partial charge in [0.15, 0.2) is 0 Å².